The maximum atomic E-state index is 5.42. The van der Waals surface area contributed by atoms with E-state index in [-0.39, 0.29) is 0 Å². The molecule has 0 unspecified atom stereocenters. The second-order valence-electron chi connectivity index (χ2n) is 6.22. The van der Waals surface area contributed by atoms with Crippen LogP contribution in [0.1, 0.15) is 24.7 Å². The third kappa shape index (κ3) is 3.53. The highest BCUT2D eigenvalue weighted by atomic mass is 16.5. The maximum Gasteiger partial charge on any atom is 0.170 e. The Morgan fingerprint density at radius 1 is 1.24 bits per heavy atom. The Morgan fingerprint density at radius 2 is 2.12 bits per heavy atom. The van der Waals surface area contributed by atoms with Gasteiger partial charge in [-0.15, -0.1) is 5.10 Å². The molecule has 4 rings (SSSR count). The van der Waals surface area contributed by atoms with Crippen LogP contribution in [0.4, 0.5) is 5.69 Å². The van der Waals surface area contributed by atoms with Crippen molar-refractivity contribution in [3.8, 4) is 11.1 Å². The van der Waals surface area contributed by atoms with Crippen molar-refractivity contribution < 1.29 is 4.74 Å². The minimum Gasteiger partial charge on any atom is -0.381 e. The molecule has 2 aromatic heterocycles. The lowest BCUT2D eigenvalue weighted by molar-refractivity contribution is 0.0649. The van der Waals surface area contributed by atoms with Gasteiger partial charge in [-0.05, 0) is 41.0 Å². The van der Waals surface area contributed by atoms with Gasteiger partial charge in [-0.2, -0.15) is 5.10 Å². The standard InChI is InChI=1S/C17H21N7O/c1-23-12-14(10-19-23)13-3-2-4-15(9-13)18-11-17-20-21-22-24(17)16-5-7-25-8-6-16/h2-4,9-10,12,16,18H,5-8,11H2,1H3. The summed E-state index contributed by atoms with van der Waals surface area (Å²) in [5, 5.41) is 19.8. The van der Waals surface area contributed by atoms with Crippen molar-refractivity contribution in [3.05, 3.63) is 42.5 Å². The molecule has 0 spiro atoms. The Bertz CT molecular complexity index is 835. The Labute approximate surface area is 145 Å². The van der Waals surface area contributed by atoms with Gasteiger partial charge in [-0.3, -0.25) is 4.68 Å². The molecule has 0 radical (unpaired) electrons. The van der Waals surface area contributed by atoms with Crippen LogP contribution in [0.25, 0.3) is 11.1 Å². The normalized spacial score (nSPS) is 15.4. The number of rotatable bonds is 5. The van der Waals surface area contributed by atoms with Crippen molar-refractivity contribution in [2.45, 2.75) is 25.4 Å². The molecular weight excluding hydrogens is 318 g/mol. The summed E-state index contributed by atoms with van der Waals surface area (Å²) < 4.78 is 9.15. The summed E-state index contributed by atoms with van der Waals surface area (Å²) in [5.74, 6) is 0.846. The summed E-state index contributed by atoms with van der Waals surface area (Å²) in [5.41, 5.74) is 3.25. The molecule has 8 heteroatoms. The molecule has 1 N–H and O–H groups in total. The zero-order valence-electron chi connectivity index (χ0n) is 14.2. The Hall–Kier alpha value is -2.74. The minimum atomic E-state index is 0.322. The number of nitrogens with zero attached hydrogens (tertiary/aromatic N) is 6. The maximum absolute atomic E-state index is 5.42. The van der Waals surface area contributed by atoms with Gasteiger partial charge in [0.15, 0.2) is 5.82 Å². The van der Waals surface area contributed by atoms with Crippen LogP contribution in [0.3, 0.4) is 0 Å². The van der Waals surface area contributed by atoms with Crippen molar-refractivity contribution in [1.82, 2.24) is 30.0 Å². The van der Waals surface area contributed by atoms with E-state index in [1.807, 2.05) is 36.3 Å². The Balaban J connectivity index is 1.46. The first kappa shape index (κ1) is 15.8. The van der Waals surface area contributed by atoms with Gasteiger partial charge in [0.2, 0.25) is 0 Å². The SMILES string of the molecule is Cn1cc(-c2cccc(NCc3nnnn3C3CCOCC3)c2)cn1. The van der Waals surface area contributed by atoms with Crippen molar-refractivity contribution in [1.29, 1.82) is 0 Å². The lowest BCUT2D eigenvalue weighted by Gasteiger charge is -2.22. The number of aryl methyl sites for hydroxylation is 1. The molecular formula is C17H21N7O. The molecule has 1 fully saturated rings. The molecule has 130 valence electrons. The molecule has 3 heterocycles. The van der Waals surface area contributed by atoms with Crippen LogP contribution >= 0.6 is 0 Å². The fraction of sp³-hybridized carbons (Fsp3) is 0.412. The monoisotopic (exact) mass is 339 g/mol. The van der Waals surface area contributed by atoms with Gasteiger partial charge in [-0.1, -0.05) is 12.1 Å². The van der Waals surface area contributed by atoms with Gasteiger partial charge < -0.3 is 10.1 Å². The molecule has 1 aliphatic rings. The molecule has 0 saturated carbocycles. The van der Waals surface area contributed by atoms with E-state index >= 15 is 0 Å². The fourth-order valence-electron chi connectivity index (χ4n) is 3.10. The zero-order valence-corrected chi connectivity index (χ0v) is 14.2. The first-order chi connectivity index (χ1) is 12.3. The van der Waals surface area contributed by atoms with E-state index in [0.29, 0.717) is 12.6 Å². The van der Waals surface area contributed by atoms with Gasteiger partial charge >= 0.3 is 0 Å². The molecule has 0 amide bonds. The van der Waals surface area contributed by atoms with Gasteiger partial charge in [0, 0.05) is 37.7 Å². The summed E-state index contributed by atoms with van der Waals surface area (Å²) in [6.07, 6.45) is 5.78. The lowest BCUT2D eigenvalue weighted by atomic mass is 10.1. The summed E-state index contributed by atoms with van der Waals surface area (Å²) in [4.78, 5) is 0. The summed E-state index contributed by atoms with van der Waals surface area (Å²) in [6.45, 7) is 2.12. The van der Waals surface area contributed by atoms with E-state index in [1.165, 1.54) is 0 Å². The van der Waals surface area contributed by atoms with Gasteiger partial charge in [0.05, 0.1) is 18.8 Å². The fourth-order valence-corrected chi connectivity index (χ4v) is 3.10. The van der Waals surface area contributed by atoms with Crippen LogP contribution in [-0.2, 0) is 18.3 Å². The van der Waals surface area contributed by atoms with Crippen LogP contribution in [0.15, 0.2) is 36.7 Å². The summed E-state index contributed by atoms with van der Waals surface area (Å²) in [7, 11) is 1.92. The molecule has 0 atom stereocenters. The smallest absolute Gasteiger partial charge is 0.170 e. The number of hydrogen-bond acceptors (Lipinski definition) is 6. The Morgan fingerprint density at radius 3 is 2.92 bits per heavy atom. The highest BCUT2D eigenvalue weighted by molar-refractivity contribution is 5.66. The number of ether oxygens (including phenoxy) is 1. The van der Waals surface area contributed by atoms with E-state index in [4.69, 9.17) is 4.74 Å². The number of anilines is 1. The van der Waals surface area contributed by atoms with Gasteiger partial charge in [0.25, 0.3) is 0 Å². The number of aromatic nitrogens is 6. The van der Waals surface area contributed by atoms with Gasteiger partial charge in [-0.25, -0.2) is 4.68 Å². The van der Waals surface area contributed by atoms with E-state index in [1.54, 1.807) is 4.68 Å². The second kappa shape index (κ2) is 7.02. The average Bonchev–Trinajstić information content (AvgIpc) is 3.30. The van der Waals surface area contributed by atoms with Crippen molar-refractivity contribution in [2.75, 3.05) is 18.5 Å². The molecule has 0 bridgehead atoms. The number of hydrogen-bond donors (Lipinski definition) is 1. The van der Waals surface area contributed by atoms with Crippen molar-refractivity contribution in [3.63, 3.8) is 0 Å². The van der Waals surface area contributed by atoms with Crippen molar-refractivity contribution >= 4 is 5.69 Å². The largest absolute Gasteiger partial charge is 0.381 e. The molecule has 1 aromatic carbocycles. The molecule has 25 heavy (non-hydrogen) atoms. The quantitative estimate of drug-likeness (QED) is 0.766. The third-order valence-corrected chi connectivity index (χ3v) is 4.45. The van der Waals surface area contributed by atoms with Crippen LogP contribution < -0.4 is 5.32 Å². The summed E-state index contributed by atoms with van der Waals surface area (Å²) in [6, 6.07) is 8.59. The van der Waals surface area contributed by atoms with Crippen molar-refractivity contribution in [2.24, 2.45) is 7.05 Å². The van der Waals surface area contributed by atoms with E-state index in [0.717, 1.165) is 48.7 Å². The first-order valence-electron chi connectivity index (χ1n) is 8.47. The van der Waals surface area contributed by atoms with Crippen LogP contribution in [-0.4, -0.2) is 43.2 Å². The number of nitrogens with one attached hydrogen (secondary N) is 1. The van der Waals surface area contributed by atoms with E-state index in [2.05, 4.69) is 38.1 Å². The molecule has 3 aromatic rings. The predicted molar refractivity (Wildman–Crippen MR) is 92.9 cm³/mol. The van der Waals surface area contributed by atoms with E-state index in [9.17, 15) is 0 Å². The zero-order chi connectivity index (χ0) is 17.1. The van der Waals surface area contributed by atoms with E-state index < -0.39 is 0 Å². The molecule has 8 nitrogen and oxygen atoms in total. The predicted octanol–water partition coefficient (Wildman–Crippen LogP) is 2.04. The molecule has 1 aliphatic heterocycles. The molecule has 0 aliphatic carbocycles. The van der Waals surface area contributed by atoms with Crippen LogP contribution in [0, 0.1) is 0 Å². The highest BCUT2D eigenvalue weighted by Gasteiger charge is 2.20. The molecule has 1 saturated heterocycles. The average molecular weight is 339 g/mol. The third-order valence-electron chi connectivity index (χ3n) is 4.45. The topological polar surface area (TPSA) is 82.7 Å². The lowest BCUT2D eigenvalue weighted by Crippen LogP contribution is -2.23. The van der Waals surface area contributed by atoms with Gasteiger partial charge in [0.1, 0.15) is 0 Å². The minimum absolute atomic E-state index is 0.322. The van der Waals surface area contributed by atoms with Crippen LogP contribution in [0.5, 0.6) is 0 Å². The highest BCUT2D eigenvalue weighted by Crippen LogP contribution is 2.23. The Kier molecular flexibility index (Phi) is 4.43. The number of benzene rings is 1. The summed E-state index contributed by atoms with van der Waals surface area (Å²) >= 11 is 0. The number of tetrazole rings is 1. The second-order valence-corrected chi connectivity index (χ2v) is 6.22. The first-order valence-corrected chi connectivity index (χ1v) is 8.47. The van der Waals surface area contributed by atoms with Crippen LogP contribution in [0.2, 0.25) is 0 Å².